The quantitative estimate of drug-likeness (QED) is 0.658. The molecule has 4 rings (SSSR count). The van der Waals surface area contributed by atoms with Crippen molar-refractivity contribution in [2.24, 2.45) is 13.0 Å². The van der Waals surface area contributed by atoms with E-state index in [1.54, 1.807) is 45.1 Å². The predicted molar refractivity (Wildman–Crippen MR) is 97.5 cm³/mol. The number of hydrogen-bond donors (Lipinski definition) is 0. The Balaban J connectivity index is 1.51. The Morgan fingerprint density at radius 1 is 1.19 bits per heavy atom. The van der Waals surface area contributed by atoms with Gasteiger partial charge in [0.25, 0.3) is 5.91 Å². The molecular weight excluding hydrogens is 344 g/mol. The number of aromatic nitrogens is 5. The number of amides is 1. The second-order valence-electron chi connectivity index (χ2n) is 6.74. The lowest BCUT2D eigenvalue weighted by Gasteiger charge is -2.32. The van der Waals surface area contributed by atoms with E-state index in [2.05, 4.69) is 15.2 Å². The highest BCUT2D eigenvalue weighted by atomic mass is 16.2. The van der Waals surface area contributed by atoms with E-state index in [-0.39, 0.29) is 17.6 Å². The second kappa shape index (κ2) is 7.14. The molecule has 138 valence electrons. The van der Waals surface area contributed by atoms with Crippen LogP contribution < -0.4 is 0 Å². The van der Waals surface area contributed by atoms with E-state index in [4.69, 9.17) is 0 Å². The number of hydrogen-bond acceptors (Lipinski definition) is 5. The molecule has 8 heteroatoms. The van der Waals surface area contributed by atoms with Crippen LogP contribution in [-0.4, -0.2) is 54.0 Å². The van der Waals surface area contributed by atoms with E-state index < -0.39 is 0 Å². The van der Waals surface area contributed by atoms with E-state index in [9.17, 15) is 9.59 Å². The summed E-state index contributed by atoms with van der Waals surface area (Å²) in [6.07, 6.45) is 8.14. The number of likely N-dealkylation sites (tertiary alicyclic amines) is 1. The van der Waals surface area contributed by atoms with Crippen LogP contribution in [0.1, 0.15) is 33.8 Å². The number of nitrogens with zero attached hydrogens (tertiary/aromatic N) is 6. The first-order valence-electron chi connectivity index (χ1n) is 8.89. The first-order chi connectivity index (χ1) is 13.1. The average Bonchev–Trinajstić information content (AvgIpc) is 3.39. The van der Waals surface area contributed by atoms with Crippen LogP contribution in [0, 0.1) is 5.92 Å². The lowest BCUT2D eigenvalue weighted by molar-refractivity contribution is 0.0632. The molecule has 0 spiro atoms. The number of benzene rings is 1. The fourth-order valence-corrected chi connectivity index (χ4v) is 3.48. The molecule has 1 aromatic carbocycles. The molecule has 3 aromatic rings. The molecule has 1 amide bonds. The molecule has 0 aliphatic carbocycles. The van der Waals surface area contributed by atoms with E-state index in [0.29, 0.717) is 24.5 Å². The maximum atomic E-state index is 13.0. The van der Waals surface area contributed by atoms with Gasteiger partial charge in [0.1, 0.15) is 12.7 Å². The van der Waals surface area contributed by atoms with Crippen LogP contribution in [0.15, 0.2) is 49.3 Å². The van der Waals surface area contributed by atoms with Gasteiger partial charge >= 0.3 is 0 Å². The third-order valence-electron chi connectivity index (χ3n) is 4.93. The molecule has 1 unspecified atom stereocenters. The number of piperidine rings is 1. The molecular formula is C19H20N6O2. The van der Waals surface area contributed by atoms with Crippen molar-refractivity contribution in [2.45, 2.75) is 12.8 Å². The smallest absolute Gasteiger partial charge is 0.253 e. The van der Waals surface area contributed by atoms with Crippen molar-refractivity contribution < 1.29 is 9.59 Å². The molecule has 0 N–H and O–H groups in total. The highest BCUT2D eigenvalue weighted by molar-refractivity contribution is 5.97. The summed E-state index contributed by atoms with van der Waals surface area (Å²) in [6.45, 7) is 1.07. The fourth-order valence-electron chi connectivity index (χ4n) is 3.48. The second-order valence-corrected chi connectivity index (χ2v) is 6.74. The van der Waals surface area contributed by atoms with E-state index in [1.165, 1.54) is 0 Å². The normalized spacial score (nSPS) is 17.1. The zero-order valence-corrected chi connectivity index (χ0v) is 15.0. The molecule has 0 bridgehead atoms. The van der Waals surface area contributed by atoms with E-state index >= 15 is 0 Å². The minimum Gasteiger partial charge on any atom is -0.338 e. The molecule has 3 heterocycles. The van der Waals surface area contributed by atoms with Crippen molar-refractivity contribution in [3.63, 3.8) is 0 Å². The van der Waals surface area contributed by atoms with Crippen LogP contribution in [0.5, 0.6) is 0 Å². The Morgan fingerprint density at radius 2 is 2.00 bits per heavy atom. The molecule has 1 atom stereocenters. The minimum atomic E-state index is -0.218. The van der Waals surface area contributed by atoms with Crippen LogP contribution in [0.25, 0.3) is 5.69 Å². The van der Waals surface area contributed by atoms with Gasteiger partial charge < -0.3 is 9.47 Å². The molecule has 1 aliphatic rings. The molecule has 2 aromatic heterocycles. The average molecular weight is 364 g/mol. The number of rotatable bonds is 4. The van der Waals surface area contributed by atoms with Crippen molar-refractivity contribution in [2.75, 3.05) is 13.1 Å². The fraction of sp³-hybridized carbons (Fsp3) is 0.316. The van der Waals surface area contributed by atoms with Gasteiger partial charge in [0, 0.05) is 49.7 Å². The zero-order chi connectivity index (χ0) is 18.8. The molecule has 1 aliphatic heterocycles. The lowest BCUT2D eigenvalue weighted by Crippen LogP contribution is -2.42. The third-order valence-corrected chi connectivity index (χ3v) is 4.93. The molecule has 27 heavy (non-hydrogen) atoms. The van der Waals surface area contributed by atoms with E-state index in [0.717, 1.165) is 18.5 Å². The zero-order valence-electron chi connectivity index (χ0n) is 15.0. The van der Waals surface area contributed by atoms with Crippen molar-refractivity contribution in [3.05, 3.63) is 60.7 Å². The first-order valence-corrected chi connectivity index (χ1v) is 8.89. The topological polar surface area (TPSA) is 85.9 Å². The maximum absolute atomic E-state index is 13.0. The van der Waals surface area contributed by atoms with Crippen molar-refractivity contribution in [3.8, 4) is 5.69 Å². The summed E-state index contributed by atoms with van der Waals surface area (Å²) in [6, 6.07) is 7.34. The van der Waals surface area contributed by atoms with Crippen LogP contribution in [0.4, 0.5) is 0 Å². The summed E-state index contributed by atoms with van der Waals surface area (Å²) in [4.78, 5) is 31.7. The Kier molecular flexibility index (Phi) is 4.53. The highest BCUT2D eigenvalue weighted by Crippen LogP contribution is 2.22. The number of carbonyl (C=O) groups is 2. The van der Waals surface area contributed by atoms with Gasteiger partial charge in [-0.3, -0.25) is 14.2 Å². The van der Waals surface area contributed by atoms with Crippen LogP contribution in [-0.2, 0) is 7.05 Å². The standard InChI is InChI=1S/C19H20N6O2/c1-23-9-7-20-18(23)17(26)15-5-3-8-24(11-15)19(27)14-4-2-6-16(10-14)25-12-21-22-13-25/h2,4,6-7,9-10,12-13,15H,3,5,8,11H2,1H3. The van der Waals surface area contributed by atoms with Crippen molar-refractivity contribution >= 4 is 11.7 Å². The third kappa shape index (κ3) is 3.38. The monoisotopic (exact) mass is 364 g/mol. The van der Waals surface area contributed by atoms with Gasteiger partial charge in [-0.1, -0.05) is 6.07 Å². The Morgan fingerprint density at radius 3 is 2.74 bits per heavy atom. The van der Waals surface area contributed by atoms with Gasteiger partial charge in [-0.2, -0.15) is 0 Å². The number of Topliss-reactive ketones (excluding diaryl/α,β-unsaturated/α-hetero) is 1. The van der Waals surface area contributed by atoms with E-state index in [1.807, 2.05) is 25.2 Å². The van der Waals surface area contributed by atoms with Crippen molar-refractivity contribution in [1.82, 2.24) is 29.2 Å². The minimum absolute atomic E-state index is 0.00163. The Bertz CT molecular complexity index is 962. The van der Waals surface area contributed by atoms with Crippen molar-refractivity contribution in [1.29, 1.82) is 0 Å². The Labute approximate surface area is 156 Å². The molecule has 0 radical (unpaired) electrons. The summed E-state index contributed by atoms with van der Waals surface area (Å²) in [5.74, 6) is 0.161. The maximum Gasteiger partial charge on any atom is 0.253 e. The van der Waals surface area contributed by atoms with Crippen LogP contribution in [0.2, 0.25) is 0 Å². The SMILES string of the molecule is Cn1ccnc1C(=O)C1CCCN(C(=O)c2cccc(-n3cnnc3)c2)C1. The molecule has 8 nitrogen and oxygen atoms in total. The number of aryl methyl sites for hydroxylation is 1. The molecule has 1 fully saturated rings. The predicted octanol–water partition coefficient (Wildman–Crippen LogP) is 1.74. The van der Waals surface area contributed by atoms with Crippen LogP contribution in [0.3, 0.4) is 0 Å². The van der Waals surface area contributed by atoms with Gasteiger partial charge in [0.05, 0.1) is 0 Å². The van der Waals surface area contributed by atoms with Gasteiger partial charge in [-0.25, -0.2) is 4.98 Å². The molecule has 0 saturated carbocycles. The van der Waals surface area contributed by atoms with Crippen LogP contribution >= 0.6 is 0 Å². The number of carbonyl (C=O) groups excluding carboxylic acids is 2. The molecule has 1 saturated heterocycles. The summed E-state index contributed by atoms with van der Waals surface area (Å²) in [7, 11) is 1.81. The summed E-state index contributed by atoms with van der Waals surface area (Å²) >= 11 is 0. The summed E-state index contributed by atoms with van der Waals surface area (Å²) < 4.78 is 3.48. The largest absolute Gasteiger partial charge is 0.338 e. The van der Waals surface area contributed by atoms with Gasteiger partial charge in [-0.05, 0) is 31.0 Å². The highest BCUT2D eigenvalue weighted by Gasteiger charge is 2.31. The van der Waals surface area contributed by atoms with Gasteiger partial charge in [-0.15, -0.1) is 10.2 Å². The lowest BCUT2D eigenvalue weighted by atomic mass is 9.92. The summed E-state index contributed by atoms with van der Waals surface area (Å²) in [5, 5.41) is 7.59. The van der Waals surface area contributed by atoms with Gasteiger partial charge in [0.2, 0.25) is 5.78 Å². The number of ketones is 1. The first kappa shape index (κ1) is 17.1. The Hall–Kier alpha value is -3.29. The summed E-state index contributed by atoms with van der Waals surface area (Å²) in [5.41, 5.74) is 1.41. The van der Waals surface area contributed by atoms with Gasteiger partial charge in [0.15, 0.2) is 5.82 Å². The number of imidazole rings is 1.